The Kier molecular flexibility index (Phi) is 7.62. The quantitative estimate of drug-likeness (QED) is 0.149. The highest BCUT2D eigenvalue weighted by atomic mass is 16.7. The van der Waals surface area contributed by atoms with Crippen LogP contribution in [-0.4, -0.2) is 45.7 Å². The van der Waals surface area contributed by atoms with E-state index in [2.05, 4.69) is 0 Å². The molecule has 0 aliphatic heterocycles. The molecule has 4 rings (SSSR count). The van der Waals surface area contributed by atoms with Gasteiger partial charge in [0.05, 0.1) is 27.2 Å². The summed E-state index contributed by atoms with van der Waals surface area (Å²) in [5.41, 5.74) is -3.93. The summed E-state index contributed by atoms with van der Waals surface area (Å²) in [7, 11) is 0. The van der Waals surface area contributed by atoms with Gasteiger partial charge in [-0.1, -0.05) is 54.6 Å². The van der Waals surface area contributed by atoms with Gasteiger partial charge in [0.2, 0.25) is 11.9 Å². The van der Waals surface area contributed by atoms with Crippen molar-refractivity contribution in [2.45, 2.75) is 11.8 Å². The third-order valence-corrected chi connectivity index (χ3v) is 5.59. The first-order valence-corrected chi connectivity index (χ1v) is 11.4. The van der Waals surface area contributed by atoms with Crippen molar-refractivity contribution in [1.82, 2.24) is 0 Å². The minimum atomic E-state index is -3.17. The molecule has 11 nitrogen and oxygen atoms in total. The number of rotatable bonds is 8. The zero-order chi connectivity index (χ0) is 28.0. The van der Waals surface area contributed by atoms with Gasteiger partial charge >= 0.3 is 29.6 Å². The highest BCUT2D eigenvalue weighted by Crippen LogP contribution is 2.37. The first-order chi connectivity index (χ1) is 18.7. The van der Waals surface area contributed by atoms with E-state index in [9.17, 15) is 34.4 Å². The zero-order valence-electron chi connectivity index (χ0n) is 20.0. The molecule has 3 aromatic rings. The van der Waals surface area contributed by atoms with Crippen LogP contribution in [0.25, 0.3) is 0 Å². The molecule has 1 N–H and O–H groups in total. The number of carboxylic acids is 1. The van der Waals surface area contributed by atoms with E-state index < -0.39 is 52.0 Å². The van der Waals surface area contributed by atoms with Crippen LogP contribution in [-0.2, 0) is 19.0 Å². The standard InChI is InChI=1S/C28H19NO10/c30-24(31)21-16-22(37-25(32)18-10-4-1-5-11-18)28(29(35)36,39-27(34)20-14-8-3-9-15-20)23(17-21)38-26(33)19-12-6-2-7-13-19/h1-17,22H,(H,30,31). The van der Waals surface area contributed by atoms with Crippen molar-refractivity contribution in [3.05, 3.63) is 141 Å². The predicted molar refractivity (Wildman–Crippen MR) is 133 cm³/mol. The van der Waals surface area contributed by atoms with Crippen LogP contribution in [0.2, 0.25) is 0 Å². The van der Waals surface area contributed by atoms with Crippen molar-refractivity contribution < 1.29 is 43.4 Å². The molecule has 0 spiro atoms. The van der Waals surface area contributed by atoms with Crippen LogP contribution in [0.4, 0.5) is 0 Å². The minimum absolute atomic E-state index is 0.0215. The van der Waals surface area contributed by atoms with Gasteiger partial charge in [-0.25, -0.2) is 19.2 Å². The lowest BCUT2D eigenvalue weighted by Gasteiger charge is -2.33. The average molecular weight is 529 g/mol. The van der Waals surface area contributed by atoms with Gasteiger partial charge in [0.1, 0.15) is 0 Å². The lowest BCUT2D eigenvalue weighted by atomic mass is 9.93. The lowest BCUT2D eigenvalue weighted by Crippen LogP contribution is -2.57. The normalized spacial score (nSPS) is 18.1. The van der Waals surface area contributed by atoms with Crippen molar-refractivity contribution in [1.29, 1.82) is 0 Å². The SMILES string of the molecule is O=C(O)C1=CC(OC(=O)c2ccccc2)C(OC(=O)c2ccccc2)([N+](=O)[O-])C(OC(=O)c2ccccc2)=C1. The molecular weight excluding hydrogens is 510 g/mol. The Bertz CT molecular complexity index is 1480. The molecule has 1 aliphatic carbocycles. The number of carbonyl (C=O) groups excluding carboxylic acids is 3. The Hall–Kier alpha value is -5.58. The molecule has 11 heteroatoms. The second kappa shape index (κ2) is 11.2. The molecule has 39 heavy (non-hydrogen) atoms. The number of carboxylic acid groups (broad SMARTS) is 1. The molecule has 3 aromatic carbocycles. The highest BCUT2D eigenvalue weighted by molar-refractivity contribution is 5.94. The summed E-state index contributed by atoms with van der Waals surface area (Å²) in [5.74, 6) is -5.96. The zero-order valence-corrected chi connectivity index (χ0v) is 20.0. The number of benzene rings is 3. The highest BCUT2D eigenvalue weighted by Gasteiger charge is 2.64. The maximum Gasteiger partial charge on any atom is 0.465 e. The number of hydrogen-bond acceptors (Lipinski definition) is 9. The fraction of sp³-hybridized carbons (Fsp3) is 0.0714. The van der Waals surface area contributed by atoms with E-state index >= 15 is 0 Å². The number of aliphatic carboxylic acids is 1. The van der Waals surface area contributed by atoms with Gasteiger partial charge in [-0.15, -0.1) is 0 Å². The summed E-state index contributed by atoms with van der Waals surface area (Å²) in [4.78, 5) is 62.4. The van der Waals surface area contributed by atoms with Crippen LogP contribution in [0.15, 0.2) is 114 Å². The third-order valence-electron chi connectivity index (χ3n) is 5.59. The van der Waals surface area contributed by atoms with Crippen LogP contribution in [0.3, 0.4) is 0 Å². The molecule has 2 atom stereocenters. The van der Waals surface area contributed by atoms with Crippen LogP contribution < -0.4 is 0 Å². The number of hydrogen-bond donors (Lipinski definition) is 1. The molecule has 2 unspecified atom stereocenters. The second-order valence-electron chi connectivity index (χ2n) is 8.09. The van der Waals surface area contributed by atoms with Crippen LogP contribution in [0.5, 0.6) is 0 Å². The molecule has 0 heterocycles. The Labute approximate surface area is 220 Å². The van der Waals surface area contributed by atoms with Crippen molar-refractivity contribution >= 4 is 23.9 Å². The van der Waals surface area contributed by atoms with E-state index in [4.69, 9.17) is 14.2 Å². The first-order valence-electron chi connectivity index (χ1n) is 11.4. The van der Waals surface area contributed by atoms with Crippen molar-refractivity contribution in [2.24, 2.45) is 0 Å². The lowest BCUT2D eigenvalue weighted by molar-refractivity contribution is -0.621. The van der Waals surface area contributed by atoms with Gasteiger partial charge in [-0.2, -0.15) is 0 Å². The Morgan fingerprint density at radius 3 is 1.67 bits per heavy atom. The monoisotopic (exact) mass is 529 g/mol. The van der Waals surface area contributed by atoms with Gasteiger partial charge in [-0.3, -0.25) is 10.1 Å². The molecule has 0 saturated carbocycles. The summed E-state index contributed by atoms with van der Waals surface area (Å²) >= 11 is 0. The summed E-state index contributed by atoms with van der Waals surface area (Å²) in [6, 6.07) is 21.9. The predicted octanol–water partition coefficient (Wildman–Crippen LogP) is 3.81. The third kappa shape index (κ3) is 5.57. The van der Waals surface area contributed by atoms with E-state index in [0.717, 1.165) is 6.08 Å². The molecule has 1 aliphatic rings. The molecule has 0 amide bonds. The van der Waals surface area contributed by atoms with Crippen molar-refractivity contribution in [2.75, 3.05) is 0 Å². The van der Waals surface area contributed by atoms with E-state index in [-0.39, 0.29) is 16.7 Å². The van der Waals surface area contributed by atoms with E-state index in [1.54, 1.807) is 18.2 Å². The fourth-order valence-electron chi connectivity index (χ4n) is 3.66. The molecule has 0 saturated heterocycles. The van der Waals surface area contributed by atoms with Gasteiger partial charge < -0.3 is 19.3 Å². The van der Waals surface area contributed by atoms with Gasteiger partial charge in [0, 0.05) is 6.08 Å². The summed E-state index contributed by atoms with van der Waals surface area (Å²) < 4.78 is 16.0. The molecule has 0 bridgehead atoms. The van der Waals surface area contributed by atoms with Gasteiger partial charge in [0.15, 0.2) is 0 Å². The maximum absolute atomic E-state index is 13.1. The first kappa shape index (κ1) is 26.5. The molecular formula is C28H19NO10. The second-order valence-corrected chi connectivity index (χ2v) is 8.09. The van der Waals surface area contributed by atoms with Crippen LogP contribution in [0.1, 0.15) is 31.1 Å². The Balaban J connectivity index is 1.84. The van der Waals surface area contributed by atoms with Crippen molar-refractivity contribution in [3.63, 3.8) is 0 Å². The number of nitro groups is 1. The summed E-state index contributed by atoms with van der Waals surface area (Å²) in [6.45, 7) is 0. The van der Waals surface area contributed by atoms with E-state index in [1.165, 1.54) is 72.8 Å². The van der Waals surface area contributed by atoms with E-state index in [0.29, 0.717) is 6.08 Å². The average Bonchev–Trinajstić information content (AvgIpc) is 2.95. The fourth-order valence-corrected chi connectivity index (χ4v) is 3.66. The topological polar surface area (TPSA) is 159 Å². The van der Waals surface area contributed by atoms with Crippen LogP contribution in [0, 0.1) is 10.1 Å². The van der Waals surface area contributed by atoms with Crippen LogP contribution >= 0.6 is 0 Å². The minimum Gasteiger partial charge on any atom is -0.478 e. The van der Waals surface area contributed by atoms with Crippen molar-refractivity contribution in [3.8, 4) is 0 Å². The molecule has 0 radical (unpaired) electrons. The molecule has 196 valence electrons. The molecule has 0 fully saturated rings. The summed E-state index contributed by atoms with van der Waals surface area (Å²) in [6.07, 6.45) is -0.733. The Morgan fingerprint density at radius 2 is 1.21 bits per heavy atom. The number of nitrogens with zero attached hydrogens (tertiary/aromatic N) is 1. The molecule has 0 aromatic heterocycles. The van der Waals surface area contributed by atoms with Gasteiger partial charge in [0.25, 0.3) is 0 Å². The van der Waals surface area contributed by atoms with E-state index in [1.807, 2.05) is 0 Å². The number of carbonyl (C=O) groups is 4. The smallest absolute Gasteiger partial charge is 0.465 e. The number of esters is 3. The Morgan fingerprint density at radius 1 is 0.744 bits per heavy atom. The maximum atomic E-state index is 13.1. The summed E-state index contributed by atoms with van der Waals surface area (Å²) in [5, 5.41) is 22.4. The number of ether oxygens (including phenoxy) is 3. The van der Waals surface area contributed by atoms with Gasteiger partial charge in [-0.05, 0) is 42.5 Å². The largest absolute Gasteiger partial charge is 0.478 e.